The number of hydrogen-bond donors (Lipinski definition) is 1. The van der Waals surface area contributed by atoms with Gasteiger partial charge in [-0.1, -0.05) is 29.8 Å². The first-order chi connectivity index (χ1) is 8.77. The summed E-state index contributed by atoms with van der Waals surface area (Å²) < 4.78 is 45.9. The molecule has 0 aliphatic carbocycles. The highest BCUT2D eigenvalue weighted by atomic mass is 79.9. The molecular weight excluding hydrogens is 337 g/mol. The molecule has 19 heavy (non-hydrogen) atoms. The molecule has 4 nitrogen and oxygen atoms in total. The van der Waals surface area contributed by atoms with E-state index in [4.69, 9.17) is 4.74 Å². The molecule has 108 valence electrons. The summed E-state index contributed by atoms with van der Waals surface area (Å²) in [6, 6.07) is 3.43. The van der Waals surface area contributed by atoms with E-state index in [0.29, 0.717) is 4.47 Å². The fourth-order valence-electron chi connectivity index (χ4n) is 1.50. The molecule has 0 aromatic heterocycles. The van der Waals surface area contributed by atoms with Crippen LogP contribution in [-0.2, 0) is 14.8 Å². The maximum absolute atomic E-state index is 13.7. The first kappa shape index (κ1) is 16.6. The van der Waals surface area contributed by atoms with E-state index in [0.717, 1.165) is 6.07 Å². The Morgan fingerprint density at radius 2 is 2.05 bits per heavy atom. The molecule has 0 amide bonds. The van der Waals surface area contributed by atoms with Gasteiger partial charge in [0.2, 0.25) is 10.0 Å². The average Bonchev–Trinajstić information content (AvgIpc) is 2.27. The fraction of sp³-hybridized carbons (Fsp3) is 0.500. The summed E-state index contributed by atoms with van der Waals surface area (Å²) in [5.41, 5.74) is 0. The molecule has 0 bridgehead atoms. The minimum absolute atomic E-state index is 0.0354. The molecule has 1 rings (SSSR count). The van der Waals surface area contributed by atoms with Crippen molar-refractivity contribution in [2.24, 2.45) is 5.92 Å². The van der Waals surface area contributed by atoms with Crippen molar-refractivity contribution < 1.29 is 17.5 Å². The zero-order valence-electron chi connectivity index (χ0n) is 11.0. The Morgan fingerprint density at radius 3 is 2.53 bits per heavy atom. The second kappa shape index (κ2) is 6.78. The van der Waals surface area contributed by atoms with Crippen LogP contribution in [0.4, 0.5) is 4.39 Å². The van der Waals surface area contributed by atoms with E-state index < -0.39 is 21.9 Å². The molecule has 7 heteroatoms. The Kier molecular flexibility index (Phi) is 5.91. The SMILES string of the molecule is COCC(NS(=O)(=O)c1ccc(Br)cc1F)C(C)C. The third-order valence-electron chi connectivity index (χ3n) is 2.64. The van der Waals surface area contributed by atoms with Crippen LogP contribution in [0.3, 0.4) is 0 Å². The van der Waals surface area contributed by atoms with Crippen molar-refractivity contribution in [1.82, 2.24) is 4.72 Å². The van der Waals surface area contributed by atoms with Gasteiger partial charge in [0.05, 0.1) is 6.61 Å². The Labute approximate surface area is 121 Å². The standard InChI is InChI=1S/C12H17BrFNO3S/c1-8(2)11(7-18-3)15-19(16,17)12-5-4-9(13)6-10(12)14/h4-6,8,11,15H,7H2,1-3H3. The van der Waals surface area contributed by atoms with Crippen LogP contribution in [0.25, 0.3) is 0 Å². The lowest BCUT2D eigenvalue weighted by Gasteiger charge is -2.21. The summed E-state index contributed by atoms with van der Waals surface area (Å²) in [5, 5.41) is 0. The van der Waals surface area contributed by atoms with Crippen molar-refractivity contribution in [3.05, 3.63) is 28.5 Å². The first-order valence-electron chi connectivity index (χ1n) is 5.74. The van der Waals surface area contributed by atoms with Gasteiger partial charge in [0, 0.05) is 17.6 Å². The van der Waals surface area contributed by atoms with Crippen molar-refractivity contribution in [3.63, 3.8) is 0 Å². The van der Waals surface area contributed by atoms with Crippen molar-refractivity contribution in [2.45, 2.75) is 24.8 Å². The van der Waals surface area contributed by atoms with Gasteiger partial charge in [-0.25, -0.2) is 17.5 Å². The summed E-state index contributed by atoms with van der Waals surface area (Å²) in [4.78, 5) is -0.363. The summed E-state index contributed by atoms with van der Waals surface area (Å²) in [7, 11) is -2.41. The molecular formula is C12H17BrFNO3S. The van der Waals surface area contributed by atoms with E-state index in [1.807, 2.05) is 13.8 Å². The third-order valence-corrected chi connectivity index (χ3v) is 4.66. The largest absolute Gasteiger partial charge is 0.383 e. The third kappa shape index (κ3) is 4.52. The number of hydrogen-bond acceptors (Lipinski definition) is 3. The quantitative estimate of drug-likeness (QED) is 0.854. The molecule has 1 atom stereocenters. The van der Waals surface area contributed by atoms with Crippen LogP contribution in [0.2, 0.25) is 0 Å². The van der Waals surface area contributed by atoms with E-state index >= 15 is 0 Å². The van der Waals surface area contributed by atoms with E-state index in [1.54, 1.807) is 0 Å². The highest BCUT2D eigenvalue weighted by molar-refractivity contribution is 9.10. The molecule has 0 heterocycles. The van der Waals surface area contributed by atoms with Gasteiger partial charge < -0.3 is 4.74 Å². The van der Waals surface area contributed by atoms with Gasteiger partial charge in [0.1, 0.15) is 10.7 Å². The van der Waals surface area contributed by atoms with Crippen LogP contribution in [-0.4, -0.2) is 28.2 Å². The maximum atomic E-state index is 13.7. The Hall–Kier alpha value is -0.500. The van der Waals surface area contributed by atoms with Gasteiger partial charge in [-0.2, -0.15) is 0 Å². The number of rotatable bonds is 6. The van der Waals surface area contributed by atoms with Gasteiger partial charge in [-0.15, -0.1) is 0 Å². The molecule has 0 spiro atoms. The van der Waals surface area contributed by atoms with E-state index in [-0.39, 0.29) is 17.4 Å². The second-order valence-corrected chi connectivity index (χ2v) is 7.10. The van der Waals surface area contributed by atoms with Gasteiger partial charge in [0.15, 0.2) is 0 Å². The van der Waals surface area contributed by atoms with E-state index in [9.17, 15) is 12.8 Å². The van der Waals surface area contributed by atoms with Crippen molar-refractivity contribution in [3.8, 4) is 0 Å². The monoisotopic (exact) mass is 353 g/mol. The van der Waals surface area contributed by atoms with Crippen LogP contribution in [0.5, 0.6) is 0 Å². The number of nitrogens with one attached hydrogen (secondary N) is 1. The second-order valence-electron chi connectivity index (χ2n) is 4.50. The lowest BCUT2D eigenvalue weighted by atomic mass is 10.1. The predicted molar refractivity (Wildman–Crippen MR) is 74.9 cm³/mol. The van der Waals surface area contributed by atoms with Gasteiger partial charge in [-0.3, -0.25) is 0 Å². The molecule has 0 saturated carbocycles. The number of sulfonamides is 1. The van der Waals surface area contributed by atoms with Crippen molar-refractivity contribution >= 4 is 26.0 Å². The smallest absolute Gasteiger partial charge is 0.243 e. The highest BCUT2D eigenvalue weighted by Crippen LogP contribution is 2.20. The molecule has 0 radical (unpaired) electrons. The number of halogens is 2. The number of ether oxygens (including phenoxy) is 1. The zero-order valence-corrected chi connectivity index (χ0v) is 13.4. The van der Waals surface area contributed by atoms with Crippen LogP contribution in [0.15, 0.2) is 27.6 Å². The first-order valence-corrected chi connectivity index (χ1v) is 8.02. The summed E-state index contributed by atoms with van der Waals surface area (Å²) >= 11 is 3.09. The molecule has 1 aromatic carbocycles. The molecule has 1 aromatic rings. The molecule has 0 saturated heterocycles. The van der Waals surface area contributed by atoms with E-state index in [1.165, 1.54) is 19.2 Å². The van der Waals surface area contributed by atoms with Crippen LogP contribution >= 0.6 is 15.9 Å². The summed E-state index contributed by atoms with van der Waals surface area (Å²) in [6.45, 7) is 3.96. The van der Waals surface area contributed by atoms with Gasteiger partial charge in [-0.05, 0) is 24.1 Å². The lowest BCUT2D eigenvalue weighted by molar-refractivity contribution is 0.157. The number of benzene rings is 1. The Bertz CT molecular complexity index is 534. The van der Waals surface area contributed by atoms with Crippen LogP contribution < -0.4 is 4.72 Å². The Balaban J connectivity index is 3.03. The topological polar surface area (TPSA) is 55.4 Å². The Morgan fingerprint density at radius 1 is 1.42 bits per heavy atom. The highest BCUT2D eigenvalue weighted by Gasteiger charge is 2.25. The average molecular weight is 354 g/mol. The molecule has 0 aliphatic heterocycles. The molecule has 0 aliphatic rings. The lowest BCUT2D eigenvalue weighted by Crippen LogP contribution is -2.41. The van der Waals surface area contributed by atoms with E-state index in [2.05, 4.69) is 20.7 Å². The fourth-order valence-corrected chi connectivity index (χ4v) is 3.26. The molecule has 0 fully saturated rings. The molecule has 1 unspecified atom stereocenters. The maximum Gasteiger partial charge on any atom is 0.243 e. The van der Waals surface area contributed by atoms with Crippen LogP contribution in [0.1, 0.15) is 13.8 Å². The summed E-state index contributed by atoms with van der Waals surface area (Å²) in [6.07, 6.45) is 0. The minimum Gasteiger partial charge on any atom is -0.383 e. The van der Waals surface area contributed by atoms with Crippen LogP contribution in [0, 0.1) is 11.7 Å². The zero-order chi connectivity index (χ0) is 14.6. The summed E-state index contributed by atoms with van der Waals surface area (Å²) in [5.74, 6) is -0.755. The number of methoxy groups -OCH3 is 1. The molecule has 1 N–H and O–H groups in total. The van der Waals surface area contributed by atoms with Gasteiger partial charge in [0.25, 0.3) is 0 Å². The normalized spacial score (nSPS) is 13.8. The van der Waals surface area contributed by atoms with Crippen molar-refractivity contribution in [1.29, 1.82) is 0 Å². The predicted octanol–water partition coefficient (Wildman–Crippen LogP) is 2.54. The van der Waals surface area contributed by atoms with Gasteiger partial charge >= 0.3 is 0 Å². The minimum atomic E-state index is -3.90. The van der Waals surface area contributed by atoms with Crippen molar-refractivity contribution in [2.75, 3.05) is 13.7 Å².